The number of thiocarbonyl (C=S) groups is 2. The molecule has 0 spiro atoms. The number of aliphatic hydroxyl groups excluding tert-OH is 1. The molecule has 0 aliphatic rings. The predicted molar refractivity (Wildman–Crippen MR) is 69.3 cm³/mol. The van der Waals surface area contributed by atoms with Crippen LogP contribution in [0.2, 0.25) is 0 Å². The number of rotatable bonds is 5. The van der Waals surface area contributed by atoms with E-state index in [9.17, 15) is 0 Å². The monoisotopic (exact) mass is 236 g/mol. The fraction of sp³-hybridized carbons (Fsp3) is 0.800. The quantitative estimate of drug-likeness (QED) is 0.735. The normalized spacial score (nSPS) is 8.50. The summed E-state index contributed by atoms with van der Waals surface area (Å²) in [5, 5.41) is 9.15. The molecule has 0 unspecified atom stereocenters. The summed E-state index contributed by atoms with van der Waals surface area (Å²) in [6.07, 6.45) is 3.60. The summed E-state index contributed by atoms with van der Waals surface area (Å²) in [6, 6.07) is 0. The Balaban J connectivity index is 0. The molecule has 0 saturated heterocycles. The van der Waals surface area contributed by atoms with E-state index in [1.54, 1.807) is 0 Å². The van der Waals surface area contributed by atoms with Crippen LogP contribution in [-0.2, 0) is 4.74 Å². The van der Waals surface area contributed by atoms with Gasteiger partial charge < -0.3 is 9.84 Å². The molecule has 0 saturated carbocycles. The summed E-state index contributed by atoms with van der Waals surface area (Å²) in [5.74, 6) is 0. The van der Waals surface area contributed by atoms with Crippen molar-refractivity contribution in [3.8, 4) is 0 Å². The molecule has 0 radical (unpaired) electrons. The highest BCUT2D eigenvalue weighted by molar-refractivity contribution is 7.80. The molecule has 4 heteroatoms. The highest BCUT2D eigenvalue weighted by Gasteiger charge is 1.90. The average Bonchev–Trinajstić information content (AvgIpc) is 2.05. The molecule has 0 atom stereocenters. The Morgan fingerprint density at radius 2 is 1.57 bits per heavy atom. The molecule has 0 aliphatic carbocycles. The Kier molecular flexibility index (Phi) is 14.8. The molecule has 84 valence electrons. The summed E-state index contributed by atoms with van der Waals surface area (Å²) in [6.45, 7) is 6.72. The van der Waals surface area contributed by atoms with Gasteiger partial charge in [-0.1, -0.05) is 13.8 Å². The summed E-state index contributed by atoms with van der Waals surface area (Å²) in [4.78, 5) is 0. The SMILES string of the molecule is CCCC(=S)OCC.CCCC(O)=S. The lowest BCUT2D eigenvalue weighted by atomic mass is 10.4. The topological polar surface area (TPSA) is 29.5 Å². The molecule has 0 aliphatic heterocycles. The van der Waals surface area contributed by atoms with Crippen LogP contribution < -0.4 is 0 Å². The molecule has 0 rings (SSSR count). The minimum absolute atomic E-state index is 0.123. The third-order valence-electron chi connectivity index (χ3n) is 1.22. The molecule has 0 aromatic carbocycles. The van der Waals surface area contributed by atoms with Crippen molar-refractivity contribution in [1.29, 1.82) is 0 Å². The molecule has 0 aromatic rings. The standard InChI is InChI=1S/C6H12OS.C4H8OS/c1-3-5-6(8)7-4-2;1-2-3-4(5)6/h3-5H2,1-2H3;2-3H2,1H3,(H,5,6). The molecule has 2 nitrogen and oxygen atoms in total. The third-order valence-corrected chi connectivity index (χ3v) is 1.75. The minimum atomic E-state index is 0.123. The molecule has 0 fully saturated rings. The fourth-order valence-electron chi connectivity index (χ4n) is 0.651. The average molecular weight is 236 g/mol. The second-order valence-corrected chi connectivity index (χ2v) is 3.63. The maximum Gasteiger partial charge on any atom is 0.159 e. The van der Waals surface area contributed by atoms with Gasteiger partial charge >= 0.3 is 0 Å². The van der Waals surface area contributed by atoms with Crippen molar-refractivity contribution < 1.29 is 9.84 Å². The summed E-state index contributed by atoms with van der Waals surface area (Å²) in [7, 11) is 0. The predicted octanol–water partition coefficient (Wildman–Crippen LogP) is 3.82. The molecule has 0 heterocycles. The first-order chi connectivity index (χ1) is 6.58. The molecule has 0 amide bonds. The number of hydrogen-bond acceptors (Lipinski definition) is 3. The van der Waals surface area contributed by atoms with E-state index in [-0.39, 0.29) is 5.05 Å². The highest BCUT2D eigenvalue weighted by atomic mass is 32.1. The van der Waals surface area contributed by atoms with Gasteiger partial charge in [0.1, 0.15) is 0 Å². The smallest absolute Gasteiger partial charge is 0.159 e. The number of ether oxygens (including phenoxy) is 1. The van der Waals surface area contributed by atoms with E-state index in [0.29, 0.717) is 13.0 Å². The highest BCUT2D eigenvalue weighted by Crippen LogP contribution is 1.92. The van der Waals surface area contributed by atoms with E-state index in [0.717, 1.165) is 24.3 Å². The Hall–Kier alpha value is -0.220. The zero-order chi connectivity index (χ0) is 11.4. The Morgan fingerprint density at radius 1 is 1.07 bits per heavy atom. The van der Waals surface area contributed by atoms with Crippen LogP contribution in [0, 0.1) is 0 Å². The number of aliphatic hydroxyl groups is 1. The Morgan fingerprint density at radius 3 is 1.79 bits per heavy atom. The van der Waals surface area contributed by atoms with Crippen LogP contribution in [0.5, 0.6) is 0 Å². The van der Waals surface area contributed by atoms with Gasteiger partial charge in [-0.3, -0.25) is 0 Å². The van der Waals surface area contributed by atoms with Gasteiger partial charge in [-0.2, -0.15) is 0 Å². The van der Waals surface area contributed by atoms with Crippen molar-refractivity contribution in [2.45, 2.75) is 46.5 Å². The molecule has 1 N–H and O–H groups in total. The zero-order valence-electron chi connectivity index (χ0n) is 9.21. The summed E-state index contributed by atoms with van der Waals surface area (Å²) < 4.78 is 5.01. The molecule has 14 heavy (non-hydrogen) atoms. The van der Waals surface area contributed by atoms with Gasteiger partial charge in [0, 0.05) is 12.8 Å². The van der Waals surface area contributed by atoms with Crippen LogP contribution in [0.3, 0.4) is 0 Å². The van der Waals surface area contributed by atoms with Crippen LogP contribution >= 0.6 is 24.4 Å². The van der Waals surface area contributed by atoms with Crippen LogP contribution in [0.1, 0.15) is 46.5 Å². The maximum atomic E-state index is 8.28. The van der Waals surface area contributed by atoms with Crippen LogP contribution in [-0.4, -0.2) is 21.8 Å². The first-order valence-corrected chi connectivity index (χ1v) is 5.77. The summed E-state index contributed by atoms with van der Waals surface area (Å²) in [5.41, 5.74) is 0. The molecule has 0 aromatic heterocycles. The lowest BCUT2D eigenvalue weighted by Gasteiger charge is -2.00. The van der Waals surface area contributed by atoms with Crippen molar-refractivity contribution in [2.24, 2.45) is 0 Å². The Labute approximate surface area is 97.7 Å². The minimum Gasteiger partial charge on any atom is -0.502 e. The van der Waals surface area contributed by atoms with Crippen molar-refractivity contribution in [1.82, 2.24) is 0 Å². The van der Waals surface area contributed by atoms with E-state index >= 15 is 0 Å². The van der Waals surface area contributed by atoms with Gasteiger partial charge in [-0.25, -0.2) is 0 Å². The van der Waals surface area contributed by atoms with Crippen molar-refractivity contribution in [3.63, 3.8) is 0 Å². The zero-order valence-corrected chi connectivity index (χ0v) is 10.8. The molecule has 0 bridgehead atoms. The van der Waals surface area contributed by atoms with E-state index in [4.69, 9.17) is 22.1 Å². The van der Waals surface area contributed by atoms with Crippen molar-refractivity contribution in [2.75, 3.05) is 6.61 Å². The lowest BCUT2D eigenvalue weighted by molar-refractivity contribution is 0.326. The van der Waals surface area contributed by atoms with Gasteiger partial charge in [0.15, 0.2) is 10.1 Å². The maximum absolute atomic E-state index is 8.28. The Bertz CT molecular complexity index is 150. The van der Waals surface area contributed by atoms with E-state index < -0.39 is 0 Å². The fourth-order valence-corrected chi connectivity index (χ4v) is 1.18. The second-order valence-electron chi connectivity index (χ2n) is 2.70. The van der Waals surface area contributed by atoms with E-state index in [1.165, 1.54) is 0 Å². The third kappa shape index (κ3) is 17.8. The largest absolute Gasteiger partial charge is 0.502 e. The summed E-state index contributed by atoms with van der Waals surface area (Å²) >= 11 is 9.18. The van der Waals surface area contributed by atoms with E-state index in [2.05, 4.69) is 19.1 Å². The number of hydrogen-bond donors (Lipinski definition) is 1. The van der Waals surface area contributed by atoms with Gasteiger partial charge in [0.2, 0.25) is 0 Å². The van der Waals surface area contributed by atoms with Crippen molar-refractivity contribution in [3.05, 3.63) is 0 Å². The van der Waals surface area contributed by atoms with Gasteiger partial charge in [-0.15, -0.1) is 0 Å². The first-order valence-electron chi connectivity index (χ1n) is 4.95. The second kappa shape index (κ2) is 12.8. The van der Waals surface area contributed by atoms with Crippen LogP contribution in [0.15, 0.2) is 0 Å². The van der Waals surface area contributed by atoms with Crippen LogP contribution in [0.4, 0.5) is 0 Å². The lowest BCUT2D eigenvalue weighted by Crippen LogP contribution is -1.99. The van der Waals surface area contributed by atoms with Crippen molar-refractivity contribution >= 4 is 34.5 Å². The van der Waals surface area contributed by atoms with Gasteiger partial charge in [0.05, 0.1) is 6.61 Å². The first kappa shape index (κ1) is 16.2. The van der Waals surface area contributed by atoms with Gasteiger partial charge in [0.25, 0.3) is 0 Å². The van der Waals surface area contributed by atoms with E-state index in [1.807, 2.05) is 13.8 Å². The molecular formula is C10H20O2S2. The molecular weight excluding hydrogens is 216 g/mol. The van der Waals surface area contributed by atoms with Gasteiger partial charge in [-0.05, 0) is 44.2 Å². The van der Waals surface area contributed by atoms with Crippen LogP contribution in [0.25, 0.3) is 0 Å².